The molecule has 2 aliphatic heterocycles. The van der Waals surface area contributed by atoms with Crippen molar-refractivity contribution in [2.24, 2.45) is 0 Å². The number of carbonyl (C=O) groups is 2. The molecule has 10 atom stereocenters. The molecule has 0 bridgehead atoms. The molecule has 13 nitrogen and oxygen atoms in total. The number of aliphatic hydroxyl groups is 5. The van der Waals surface area contributed by atoms with E-state index in [1.54, 1.807) is 0 Å². The molecule has 0 aromatic heterocycles. The van der Waals surface area contributed by atoms with Crippen molar-refractivity contribution in [2.75, 3.05) is 19.8 Å². The Balaban J connectivity index is 1.82. The molecular weight excluding hydrogens is 580 g/mol. The van der Waals surface area contributed by atoms with Gasteiger partial charge in [-0.25, -0.2) is 0 Å². The molecule has 10 unspecified atom stereocenters. The second-order valence-corrected chi connectivity index (χ2v) is 11.5. The van der Waals surface area contributed by atoms with Crippen molar-refractivity contribution in [1.29, 1.82) is 0 Å². The third kappa shape index (κ3) is 12.3. The molecule has 0 amide bonds. The molecule has 2 saturated heterocycles. The topological polar surface area (TPSA) is 191 Å². The smallest absolute Gasteiger partial charge is 0.303 e. The van der Waals surface area contributed by atoms with E-state index in [0.717, 1.165) is 43.8 Å². The van der Waals surface area contributed by atoms with Gasteiger partial charge in [-0.1, -0.05) is 29.4 Å². The molecule has 0 aliphatic carbocycles. The Morgan fingerprint density at radius 3 is 1.89 bits per heavy atom. The molecule has 252 valence electrons. The normalized spacial score (nSPS) is 33.7. The number of aliphatic hydroxyl groups excluding tert-OH is 5. The first-order valence-electron chi connectivity index (χ1n) is 14.9. The van der Waals surface area contributed by atoms with Gasteiger partial charge in [-0.05, 0) is 59.0 Å². The average molecular weight is 631 g/mol. The summed E-state index contributed by atoms with van der Waals surface area (Å²) in [4.78, 5) is 22.3. The van der Waals surface area contributed by atoms with Crippen molar-refractivity contribution in [1.82, 2.24) is 0 Å². The lowest BCUT2D eigenvalue weighted by Crippen LogP contribution is -2.61. The van der Waals surface area contributed by atoms with E-state index in [1.165, 1.54) is 19.4 Å². The van der Waals surface area contributed by atoms with Crippen LogP contribution in [-0.2, 0) is 38.0 Å². The first-order chi connectivity index (χ1) is 20.7. The number of hydrogen-bond acceptors (Lipinski definition) is 13. The monoisotopic (exact) mass is 630 g/mol. The van der Waals surface area contributed by atoms with Gasteiger partial charge in [0.05, 0.1) is 19.3 Å². The van der Waals surface area contributed by atoms with E-state index in [1.807, 2.05) is 19.9 Å². The zero-order chi connectivity index (χ0) is 33.0. The number of esters is 2. The van der Waals surface area contributed by atoms with Gasteiger partial charge >= 0.3 is 11.9 Å². The molecule has 0 saturated carbocycles. The van der Waals surface area contributed by atoms with Gasteiger partial charge < -0.3 is 54.0 Å². The van der Waals surface area contributed by atoms with Gasteiger partial charge in [0.2, 0.25) is 0 Å². The first-order valence-corrected chi connectivity index (χ1v) is 14.9. The largest absolute Gasteiger partial charge is 0.461 e. The third-order valence-corrected chi connectivity index (χ3v) is 7.44. The molecule has 0 aromatic rings. The minimum Gasteiger partial charge on any atom is -0.461 e. The Labute approximate surface area is 259 Å². The summed E-state index contributed by atoms with van der Waals surface area (Å²) in [5.74, 6) is -0.994. The Bertz CT molecular complexity index is 1010. The highest BCUT2D eigenvalue weighted by Crippen LogP contribution is 2.27. The summed E-state index contributed by atoms with van der Waals surface area (Å²) in [6.07, 6.45) is -3.85. The maximum Gasteiger partial charge on any atom is 0.303 e. The molecule has 2 fully saturated rings. The maximum absolute atomic E-state index is 11.4. The van der Waals surface area contributed by atoms with Crippen LogP contribution in [0.3, 0.4) is 0 Å². The van der Waals surface area contributed by atoms with Crippen molar-refractivity contribution in [3.05, 3.63) is 34.9 Å². The van der Waals surface area contributed by atoms with E-state index in [-0.39, 0.29) is 19.2 Å². The fourth-order valence-corrected chi connectivity index (χ4v) is 4.70. The highest BCUT2D eigenvalue weighted by molar-refractivity contribution is 5.66. The fraction of sp³-hybridized carbons (Fsp3) is 0.742. The molecule has 44 heavy (non-hydrogen) atoms. The Kier molecular flexibility index (Phi) is 16.1. The van der Waals surface area contributed by atoms with Gasteiger partial charge in [-0.3, -0.25) is 9.59 Å². The van der Waals surface area contributed by atoms with Crippen LogP contribution in [0.25, 0.3) is 0 Å². The third-order valence-electron chi connectivity index (χ3n) is 7.44. The molecule has 0 radical (unpaired) electrons. The molecule has 2 aliphatic rings. The van der Waals surface area contributed by atoms with Gasteiger partial charge in [-0.15, -0.1) is 0 Å². The van der Waals surface area contributed by atoms with E-state index < -0.39 is 67.4 Å². The molecule has 13 heteroatoms. The van der Waals surface area contributed by atoms with Gasteiger partial charge in [-0.2, -0.15) is 0 Å². The van der Waals surface area contributed by atoms with Crippen LogP contribution in [-0.4, -0.2) is 119 Å². The van der Waals surface area contributed by atoms with Crippen LogP contribution in [0, 0.1) is 0 Å². The van der Waals surface area contributed by atoms with Crippen molar-refractivity contribution in [3.63, 3.8) is 0 Å². The fourth-order valence-electron chi connectivity index (χ4n) is 4.70. The van der Waals surface area contributed by atoms with Gasteiger partial charge in [0.25, 0.3) is 0 Å². The van der Waals surface area contributed by atoms with Crippen LogP contribution in [0.2, 0.25) is 0 Å². The summed E-state index contributed by atoms with van der Waals surface area (Å²) in [7, 11) is 0. The molecule has 5 N–H and O–H groups in total. The zero-order valence-corrected chi connectivity index (χ0v) is 26.5. The maximum atomic E-state index is 11.4. The number of allylic oxidation sites excluding steroid dienone is 4. The highest BCUT2D eigenvalue weighted by Gasteiger charge is 2.48. The zero-order valence-electron chi connectivity index (χ0n) is 26.5. The minimum atomic E-state index is -1.59. The van der Waals surface area contributed by atoms with Crippen LogP contribution in [0.5, 0.6) is 0 Å². The Morgan fingerprint density at radius 1 is 0.682 bits per heavy atom. The predicted molar refractivity (Wildman–Crippen MR) is 157 cm³/mol. The van der Waals surface area contributed by atoms with E-state index in [0.29, 0.717) is 6.61 Å². The van der Waals surface area contributed by atoms with E-state index in [4.69, 9.17) is 28.4 Å². The lowest BCUT2D eigenvalue weighted by atomic mass is 9.98. The van der Waals surface area contributed by atoms with Crippen LogP contribution in [0.15, 0.2) is 34.9 Å². The SMILES string of the molecule is CC(=O)OCC(C)=CCCC(C)=CCCC(C)=CCOC1OC(COC2OC(C)C(O)C(OC(C)=O)C2O)C(O)C(O)C1O. The number of hydrogen-bond donors (Lipinski definition) is 5. The molecule has 0 aromatic carbocycles. The van der Waals surface area contributed by atoms with Crippen LogP contribution >= 0.6 is 0 Å². The lowest BCUT2D eigenvalue weighted by molar-refractivity contribution is -0.327. The number of carbonyl (C=O) groups excluding carboxylic acids is 2. The quantitative estimate of drug-likeness (QED) is 0.128. The molecular formula is C31H50O13. The first kappa shape index (κ1) is 38.0. The van der Waals surface area contributed by atoms with Crippen molar-refractivity contribution in [3.8, 4) is 0 Å². The minimum absolute atomic E-state index is 0.0863. The molecule has 2 rings (SSSR count). The Hall–Kier alpha value is -2.20. The standard InChI is InChI=1S/C31H50O13/c1-17(10-8-12-19(3)15-40-21(5)32)9-7-11-18(2)13-14-39-30-27(37)26(36)25(35)23(44-30)16-41-31-28(38)29(43-22(6)33)24(34)20(4)42-31/h9,12-13,20,23-31,34-38H,7-8,10-11,14-16H2,1-6H3. The van der Waals surface area contributed by atoms with Crippen LogP contribution < -0.4 is 0 Å². The lowest BCUT2D eigenvalue weighted by Gasteiger charge is -2.43. The number of rotatable bonds is 15. The van der Waals surface area contributed by atoms with Crippen molar-refractivity contribution < 1.29 is 63.5 Å². The van der Waals surface area contributed by atoms with Gasteiger partial charge in [0, 0.05) is 13.8 Å². The highest BCUT2D eigenvalue weighted by atomic mass is 16.7. The summed E-state index contributed by atoms with van der Waals surface area (Å²) in [5.41, 5.74) is 3.32. The van der Waals surface area contributed by atoms with E-state index in [9.17, 15) is 35.1 Å². The molecule has 2 heterocycles. The number of ether oxygens (including phenoxy) is 6. The van der Waals surface area contributed by atoms with Crippen molar-refractivity contribution in [2.45, 2.75) is 129 Å². The summed E-state index contributed by atoms with van der Waals surface area (Å²) in [6.45, 7) is 10.0. The summed E-state index contributed by atoms with van der Waals surface area (Å²) in [5, 5.41) is 52.0. The van der Waals surface area contributed by atoms with Gasteiger partial charge in [0.1, 0.15) is 43.2 Å². The predicted octanol–water partition coefficient (Wildman–Crippen LogP) is 1.19. The van der Waals surface area contributed by atoms with Gasteiger partial charge in [0.15, 0.2) is 18.7 Å². The van der Waals surface area contributed by atoms with Crippen LogP contribution in [0.4, 0.5) is 0 Å². The van der Waals surface area contributed by atoms with Crippen molar-refractivity contribution >= 4 is 11.9 Å². The second kappa shape index (κ2) is 18.7. The molecule has 0 spiro atoms. The average Bonchev–Trinajstić information content (AvgIpc) is 2.95. The summed E-state index contributed by atoms with van der Waals surface area (Å²) < 4.78 is 32.4. The second-order valence-electron chi connectivity index (χ2n) is 11.5. The summed E-state index contributed by atoms with van der Waals surface area (Å²) >= 11 is 0. The van der Waals surface area contributed by atoms with Crippen LogP contribution in [0.1, 0.15) is 67.2 Å². The summed E-state index contributed by atoms with van der Waals surface area (Å²) in [6, 6.07) is 0. The van der Waals surface area contributed by atoms with E-state index >= 15 is 0 Å². The van der Waals surface area contributed by atoms with E-state index in [2.05, 4.69) is 19.1 Å². The Morgan fingerprint density at radius 2 is 1.27 bits per heavy atom.